The number of nitrogens with one attached hydrogen (secondary N) is 1. The SMILES string of the molecule is CCN(CC)S(=O)(=O)c1ccc2c(c1)cc(C(=O)NCc1cccs1)n2C. The third-order valence-corrected chi connectivity index (χ3v) is 7.52. The van der Waals surface area contributed by atoms with E-state index in [-0.39, 0.29) is 10.8 Å². The second kappa shape index (κ2) is 7.84. The van der Waals surface area contributed by atoms with E-state index < -0.39 is 10.0 Å². The molecule has 0 atom stereocenters. The Morgan fingerprint density at radius 3 is 2.56 bits per heavy atom. The van der Waals surface area contributed by atoms with Gasteiger partial charge in [-0.3, -0.25) is 4.79 Å². The molecule has 1 amide bonds. The molecule has 8 heteroatoms. The number of fused-ring (bicyclic) bond motifs is 1. The summed E-state index contributed by atoms with van der Waals surface area (Å²) in [6, 6.07) is 10.6. The molecule has 3 rings (SSSR count). The minimum atomic E-state index is -3.53. The Kier molecular flexibility index (Phi) is 5.69. The lowest BCUT2D eigenvalue weighted by Crippen LogP contribution is -2.30. The van der Waals surface area contributed by atoms with Crippen LogP contribution in [0, 0.1) is 0 Å². The zero-order valence-corrected chi connectivity index (χ0v) is 17.2. The van der Waals surface area contributed by atoms with E-state index >= 15 is 0 Å². The van der Waals surface area contributed by atoms with Crippen LogP contribution in [0.1, 0.15) is 29.2 Å². The lowest BCUT2D eigenvalue weighted by atomic mass is 10.2. The van der Waals surface area contributed by atoms with Crippen LogP contribution in [0.25, 0.3) is 10.9 Å². The van der Waals surface area contributed by atoms with Crippen LogP contribution < -0.4 is 5.32 Å². The Bertz CT molecular complexity index is 1050. The van der Waals surface area contributed by atoms with Gasteiger partial charge in [-0.1, -0.05) is 19.9 Å². The van der Waals surface area contributed by atoms with Crippen molar-refractivity contribution in [2.45, 2.75) is 25.3 Å². The van der Waals surface area contributed by atoms with Gasteiger partial charge >= 0.3 is 0 Å². The monoisotopic (exact) mass is 405 g/mol. The Morgan fingerprint density at radius 1 is 1.19 bits per heavy atom. The number of amides is 1. The number of rotatable bonds is 7. The highest BCUT2D eigenvalue weighted by molar-refractivity contribution is 7.89. The van der Waals surface area contributed by atoms with E-state index in [4.69, 9.17) is 0 Å². The third-order valence-electron chi connectivity index (χ3n) is 4.59. The van der Waals surface area contributed by atoms with E-state index in [1.165, 1.54) is 4.31 Å². The number of carbonyl (C=O) groups excluding carboxylic acids is 1. The van der Waals surface area contributed by atoms with Gasteiger partial charge in [-0.25, -0.2) is 8.42 Å². The molecule has 1 aromatic carbocycles. The van der Waals surface area contributed by atoms with Gasteiger partial charge in [0.2, 0.25) is 10.0 Å². The highest BCUT2D eigenvalue weighted by atomic mass is 32.2. The fourth-order valence-electron chi connectivity index (χ4n) is 3.09. The van der Waals surface area contributed by atoms with Gasteiger partial charge in [0.05, 0.1) is 11.4 Å². The lowest BCUT2D eigenvalue weighted by molar-refractivity contribution is 0.0943. The van der Waals surface area contributed by atoms with E-state index in [0.717, 1.165) is 15.8 Å². The minimum absolute atomic E-state index is 0.185. The van der Waals surface area contributed by atoms with Crippen LogP contribution in [-0.4, -0.2) is 36.3 Å². The first kappa shape index (κ1) is 19.6. The molecule has 0 fully saturated rings. The molecule has 2 heterocycles. The Balaban J connectivity index is 1.91. The molecule has 0 saturated carbocycles. The molecule has 0 radical (unpaired) electrons. The molecular formula is C19H23N3O3S2. The highest BCUT2D eigenvalue weighted by Crippen LogP contribution is 2.24. The first-order valence-electron chi connectivity index (χ1n) is 8.78. The van der Waals surface area contributed by atoms with Gasteiger partial charge in [0.25, 0.3) is 5.91 Å². The molecule has 0 saturated heterocycles. The maximum atomic E-state index is 12.7. The second-order valence-electron chi connectivity index (χ2n) is 6.16. The van der Waals surface area contributed by atoms with Crippen molar-refractivity contribution in [3.05, 3.63) is 52.3 Å². The van der Waals surface area contributed by atoms with Gasteiger partial charge in [-0.2, -0.15) is 4.31 Å². The van der Waals surface area contributed by atoms with Crippen LogP contribution in [0.4, 0.5) is 0 Å². The van der Waals surface area contributed by atoms with E-state index in [2.05, 4.69) is 5.32 Å². The van der Waals surface area contributed by atoms with Crippen LogP contribution in [-0.2, 0) is 23.6 Å². The molecule has 0 spiro atoms. The highest BCUT2D eigenvalue weighted by Gasteiger charge is 2.23. The molecule has 144 valence electrons. The van der Waals surface area contributed by atoms with Gasteiger partial charge in [-0.15, -0.1) is 11.3 Å². The number of benzene rings is 1. The Hall–Kier alpha value is -2.16. The van der Waals surface area contributed by atoms with Gasteiger partial charge in [0.1, 0.15) is 5.69 Å². The van der Waals surface area contributed by atoms with Crippen molar-refractivity contribution in [2.24, 2.45) is 7.05 Å². The van der Waals surface area contributed by atoms with Crippen LogP contribution in [0.2, 0.25) is 0 Å². The lowest BCUT2D eigenvalue weighted by Gasteiger charge is -2.18. The predicted octanol–water partition coefficient (Wildman–Crippen LogP) is 3.20. The number of nitrogens with zero attached hydrogens (tertiary/aromatic N) is 2. The number of carbonyl (C=O) groups is 1. The molecular weight excluding hydrogens is 382 g/mol. The molecule has 3 aromatic rings. The maximum absolute atomic E-state index is 12.7. The van der Waals surface area contributed by atoms with Crippen molar-refractivity contribution in [3.63, 3.8) is 0 Å². The number of aromatic nitrogens is 1. The summed E-state index contributed by atoms with van der Waals surface area (Å²) in [7, 11) is -1.72. The van der Waals surface area contributed by atoms with Crippen molar-refractivity contribution >= 4 is 38.2 Å². The fraction of sp³-hybridized carbons (Fsp3) is 0.316. The van der Waals surface area contributed by atoms with Crippen molar-refractivity contribution in [3.8, 4) is 0 Å². The molecule has 0 bridgehead atoms. The smallest absolute Gasteiger partial charge is 0.268 e. The summed E-state index contributed by atoms with van der Waals surface area (Å²) in [5.74, 6) is -0.185. The molecule has 0 unspecified atom stereocenters. The van der Waals surface area contributed by atoms with Crippen molar-refractivity contribution in [1.29, 1.82) is 0 Å². The predicted molar refractivity (Wildman–Crippen MR) is 109 cm³/mol. The standard InChI is InChI=1S/C19H23N3O3S2/c1-4-22(5-2)27(24,25)16-8-9-17-14(11-16)12-18(21(17)3)19(23)20-13-15-7-6-10-26-15/h6-12H,4-5,13H2,1-3H3,(H,20,23). The summed E-state index contributed by atoms with van der Waals surface area (Å²) in [6.07, 6.45) is 0. The minimum Gasteiger partial charge on any atom is -0.346 e. The number of aryl methyl sites for hydroxylation is 1. The van der Waals surface area contributed by atoms with Crippen molar-refractivity contribution in [1.82, 2.24) is 14.2 Å². The topological polar surface area (TPSA) is 71.4 Å². The molecule has 2 aromatic heterocycles. The van der Waals surface area contributed by atoms with E-state index in [1.54, 1.807) is 47.2 Å². The third kappa shape index (κ3) is 3.78. The fourth-order valence-corrected chi connectivity index (χ4v) is 5.23. The van der Waals surface area contributed by atoms with E-state index in [0.29, 0.717) is 25.3 Å². The largest absolute Gasteiger partial charge is 0.346 e. The summed E-state index contributed by atoms with van der Waals surface area (Å²) in [6.45, 7) is 4.94. The molecule has 1 N–H and O–H groups in total. The summed E-state index contributed by atoms with van der Waals surface area (Å²) in [5, 5.41) is 5.61. The summed E-state index contributed by atoms with van der Waals surface area (Å²) in [4.78, 5) is 13.9. The van der Waals surface area contributed by atoms with Gasteiger partial charge in [0.15, 0.2) is 0 Å². The van der Waals surface area contributed by atoms with Crippen molar-refractivity contribution < 1.29 is 13.2 Å². The number of thiophene rings is 1. The average Bonchev–Trinajstić information content (AvgIpc) is 3.28. The number of hydrogen-bond donors (Lipinski definition) is 1. The molecule has 0 aliphatic heterocycles. The summed E-state index contributed by atoms with van der Waals surface area (Å²) < 4.78 is 28.7. The van der Waals surface area contributed by atoms with Gasteiger partial charge in [0, 0.05) is 35.9 Å². The first-order valence-corrected chi connectivity index (χ1v) is 11.1. The van der Waals surface area contributed by atoms with Crippen LogP contribution >= 0.6 is 11.3 Å². The zero-order valence-electron chi connectivity index (χ0n) is 15.6. The number of sulfonamides is 1. The zero-order chi connectivity index (χ0) is 19.6. The second-order valence-corrected chi connectivity index (χ2v) is 9.13. The van der Waals surface area contributed by atoms with Crippen LogP contribution in [0.5, 0.6) is 0 Å². The number of hydrogen-bond acceptors (Lipinski definition) is 4. The normalized spacial score (nSPS) is 12.0. The van der Waals surface area contributed by atoms with Crippen molar-refractivity contribution in [2.75, 3.05) is 13.1 Å². The van der Waals surface area contributed by atoms with E-state index in [9.17, 15) is 13.2 Å². The first-order chi connectivity index (χ1) is 12.9. The molecule has 6 nitrogen and oxygen atoms in total. The van der Waals surface area contributed by atoms with Gasteiger partial charge < -0.3 is 9.88 Å². The van der Waals surface area contributed by atoms with E-state index in [1.807, 2.05) is 31.4 Å². The summed E-state index contributed by atoms with van der Waals surface area (Å²) in [5.41, 5.74) is 1.31. The molecule has 0 aliphatic carbocycles. The average molecular weight is 406 g/mol. The molecule has 27 heavy (non-hydrogen) atoms. The maximum Gasteiger partial charge on any atom is 0.268 e. The van der Waals surface area contributed by atoms with Gasteiger partial charge in [-0.05, 0) is 35.7 Å². The van der Waals surface area contributed by atoms with Crippen LogP contribution in [0.15, 0.2) is 46.7 Å². The Morgan fingerprint density at radius 2 is 1.93 bits per heavy atom. The molecule has 0 aliphatic rings. The van der Waals surface area contributed by atoms with Crippen LogP contribution in [0.3, 0.4) is 0 Å². The summed E-state index contributed by atoms with van der Waals surface area (Å²) >= 11 is 1.59. The quantitative estimate of drug-likeness (QED) is 0.656. The Labute approximate surface area is 163 Å².